The summed E-state index contributed by atoms with van der Waals surface area (Å²) in [7, 11) is 0. The zero-order valence-corrected chi connectivity index (χ0v) is 9.60. The number of allylic oxidation sites excluding steroid dienone is 1. The van der Waals surface area contributed by atoms with E-state index in [4.69, 9.17) is 5.26 Å². The molecule has 0 aliphatic carbocycles. The van der Waals surface area contributed by atoms with Gasteiger partial charge in [-0.3, -0.25) is 0 Å². The van der Waals surface area contributed by atoms with E-state index in [1.165, 1.54) is 0 Å². The zero-order chi connectivity index (χ0) is 10.9. The van der Waals surface area contributed by atoms with Crippen LogP contribution in [-0.2, 0) is 0 Å². The first kappa shape index (κ1) is 12.0. The van der Waals surface area contributed by atoms with Crippen LogP contribution in [0.1, 0.15) is 41.5 Å². The summed E-state index contributed by atoms with van der Waals surface area (Å²) in [5.41, 5.74) is 0.399. The topological polar surface area (TPSA) is 27.0 Å². The summed E-state index contributed by atoms with van der Waals surface area (Å²) in [5, 5.41) is 8.84. The van der Waals surface area contributed by atoms with Gasteiger partial charge in [-0.05, 0) is 41.5 Å². The van der Waals surface area contributed by atoms with Gasteiger partial charge in [0.1, 0.15) is 11.8 Å². The Morgan fingerprint density at radius 3 is 1.46 bits per heavy atom. The summed E-state index contributed by atoms with van der Waals surface area (Å²) < 4.78 is 0. The maximum Gasteiger partial charge on any atom is 0.117 e. The summed E-state index contributed by atoms with van der Waals surface area (Å²) in [6, 6.07) is 2.11. The standard InChI is InChI=1S/C11H20N2/c1-9(8-12)13(10(2,3)4)11(5,6)7/h1H2,2-7H3. The molecule has 0 amide bonds. The van der Waals surface area contributed by atoms with Crippen molar-refractivity contribution in [2.75, 3.05) is 0 Å². The molecule has 0 fully saturated rings. The zero-order valence-electron chi connectivity index (χ0n) is 9.60. The SMILES string of the molecule is C=C(C#N)N(C(C)(C)C)C(C)(C)C. The third-order valence-corrected chi connectivity index (χ3v) is 1.74. The number of nitrogens with zero attached hydrogens (tertiary/aromatic N) is 2. The number of nitriles is 1. The van der Waals surface area contributed by atoms with Crippen molar-refractivity contribution in [2.24, 2.45) is 0 Å². The van der Waals surface area contributed by atoms with Gasteiger partial charge >= 0.3 is 0 Å². The molecule has 0 saturated heterocycles. The second-order valence-electron chi connectivity index (χ2n) is 5.24. The van der Waals surface area contributed by atoms with Crippen molar-refractivity contribution in [3.05, 3.63) is 12.3 Å². The average Bonchev–Trinajstić information content (AvgIpc) is 1.80. The highest BCUT2D eigenvalue weighted by atomic mass is 15.2. The van der Waals surface area contributed by atoms with Gasteiger partial charge in [0.2, 0.25) is 0 Å². The molecule has 0 aliphatic rings. The summed E-state index contributed by atoms with van der Waals surface area (Å²) in [6.45, 7) is 16.3. The molecule has 0 radical (unpaired) electrons. The summed E-state index contributed by atoms with van der Waals surface area (Å²) >= 11 is 0. The highest BCUT2D eigenvalue weighted by Gasteiger charge is 2.32. The van der Waals surface area contributed by atoms with Crippen LogP contribution in [0.3, 0.4) is 0 Å². The van der Waals surface area contributed by atoms with Crippen molar-refractivity contribution in [1.29, 1.82) is 5.26 Å². The molecular weight excluding hydrogens is 160 g/mol. The fourth-order valence-corrected chi connectivity index (χ4v) is 1.87. The Morgan fingerprint density at radius 1 is 1.08 bits per heavy atom. The van der Waals surface area contributed by atoms with Gasteiger partial charge < -0.3 is 4.90 Å². The van der Waals surface area contributed by atoms with E-state index in [1.54, 1.807) is 0 Å². The van der Waals surface area contributed by atoms with Crippen molar-refractivity contribution in [3.63, 3.8) is 0 Å². The van der Waals surface area contributed by atoms with E-state index in [0.29, 0.717) is 5.70 Å². The van der Waals surface area contributed by atoms with E-state index in [0.717, 1.165) is 0 Å². The minimum atomic E-state index is -0.0644. The van der Waals surface area contributed by atoms with Crippen LogP contribution in [0.25, 0.3) is 0 Å². The van der Waals surface area contributed by atoms with Crippen LogP contribution in [-0.4, -0.2) is 16.0 Å². The van der Waals surface area contributed by atoms with Gasteiger partial charge in [0.05, 0.1) is 0 Å². The first-order valence-electron chi connectivity index (χ1n) is 4.50. The molecule has 0 N–H and O–H groups in total. The maximum atomic E-state index is 8.84. The molecule has 0 spiro atoms. The summed E-state index contributed by atoms with van der Waals surface area (Å²) in [5.74, 6) is 0. The van der Waals surface area contributed by atoms with Crippen LogP contribution in [0, 0.1) is 11.3 Å². The Labute approximate surface area is 81.9 Å². The molecule has 0 aromatic carbocycles. The fourth-order valence-electron chi connectivity index (χ4n) is 1.87. The second-order valence-corrected chi connectivity index (χ2v) is 5.24. The van der Waals surface area contributed by atoms with Gasteiger partial charge in [-0.2, -0.15) is 5.26 Å². The maximum absolute atomic E-state index is 8.84. The van der Waals surface area contributed by atoms with E-state index in [1.807, 2.05) is 4.90 Å². The van der Waals surface area contributed by atoms with Crippen molar-refractivity contribution in [2.45, 2.75) is 52.6 Å². The molecular formula is C11H20N2. The largest absolute Gasteiger partial charge is 0.354 e. The molecule has 0 aromatic rings. The van der Waals surface area contributed by atoms with Crippen LogP contribution >= 0.6 is 0 Å². The molecule has 74 valence electrons. The van der Waals surface area contributed by atoms with Gasteiger partial charge in [0.25, 0.3) is 0 Å². The lowest BCUT2D eigenvalue weighted by atomic mass is 9.95. The first-order valence-corrected chi connectivity index (χ1v) is 4.50. The van der Waals surface area contributed by atoms with Gasteiger partial charge in [-0.1, -0.05) is 6.58 Å². The molecule has 0 aromatic heterocycles. The third kappa shape index (κ3) is 3.10. The van der Waals surface area contributed by atoms with Gasteiger partial charge in [0, 0.05) is 11.1 Å². The molecule has 2 heteroatoms. The van der Waals surface area contributed by atoms with E-state index >= 15 is 0 Å². The third-order valence-electron chi connectivity index (χ3n) is 1.74. The predicted molar refractivity (Wildman–Crippen MR) is 56.1 cm³/mol. The van der Waals surface area contributed by atoms with Crippen LogP contribution < -0.4 is 0 Å². The normalized spacial score (nSPS) is 12.1. The molecule has 0 atom stereocenters. The smallest absolute Gasteiger partial charge is 0.117 e. The van der Waals surface area contributed by atoms with Crippen LogP contribution in [0.5, 0.6) is 0 Å². The summed E-state index contributed by atoms with van der Waals surface area (Å²) in [6.07, 6.45) is 0. The Balaban J connectivity index is 5.04. The Kier molecular flexibility index (Phi) is 3.16. The van der Waals surface area contributed by atoms with Gasteiger partial charge in [-0.25, -0.2) is 0 Å². The molecule has 0 aliphatic heterocycles. The Bertz CT molecular complexity index is 218. The van der Waals surface area contributed by atoms with E-state index < -0.39 is 0 Å². The molecule has 0 saturated carbocycles. The lowest BCUT2D eigenvalue weighted by Gasteiger charge is -2.46. The molecule has 0 rings (SSSR count). The quantitative estimate of drug-likeness (QED) is 0.580. The second kappa shape index (κ2) is 3.41. The highest BCUT2D eigenvalue weighted by Crippen LogP contribution is 2.28. The van der Waals surface area contributed by atoms with Crippen LogP contribution in [0.4, 0.5) is 0 Å². The number of rotatable bonds is 1. The molecule has 13 heavy (non-hydrogen) atoms. The van der Waals surface area contributed by atoms with Gasteiger partial charge in [0.15, 0.2) is 0 Å². The van der Waals surface area contributed by atoms with E-state index in [-0.39, 0.29) is 11.1 Å². The fraction of sp³-hybridized carbons (Fsp3) is 0.727. The lowest BCUT2D eigenvalue weighted by molar-refractivity contribution is 0.0860. The number of hydrogen-bond acceptors (Lipinski definition) is 2. The molecule has 0 bridgehead atoms. The van der Waals surface area contributed by atoms with Crippen molar-refractivity contribution < 1.29 is 0 Å². The Morgan fingerprint density at radius 2 is 1.38 bits per heavy atom. The monoisotopic (exact) mass is 180 g/mol. The molecule has 2 nitrogen and oxygen atoms in total. The highest BCUT2D eigenvalue weighted by molar-refractivity contribution is 5.19. The summed E-state index contributed by atoms with van der Waals surface area (Å²) in [4.78, 5) is 2.04. The van der Waals surface area contributed by atoms with Crippen molar-refractivity contribution >= 4 is 0 Å². The van der Waals surface area contributed by atoms with Crippen LogP contribution in [0.2, 0.25) is 0 Å². The van der Waals surface area contributed by atoms with E-state index in [2.05, 4.69) is 54.2 Å². The van der Waals surface area contributed by atoms with Crippen LogP contribution in [0.15, 0.2) is 12.3 Å². The molecule has 0 unspecified atom stereocenters. The number of hydrogen-bond donors (Lipinski definition) is 0. The average molecular weight is 180 g/mol. The minimum Gasteiger partial charge on any atom is -0.354 e. The first-order chi connectivity index (χ1) is 5.60. The minimum absolute atomic E-state index is 0.0644. The Hall–Kier alpha value is -0.970. The predicted octanol–water partition coefficient (Wildman–Crippen LogP) is 2.92. The van der Waals surface area contributed by atoms with Crippen molar-refractivity contribution in [1.82, 2.24) is 4.90 Å². The molecule has 0 heterocycles. The lowest BCUT2D eigenvalue weighted by Crippen LogP contribution is -2.51. The van der Waals surface area contributed by atoms with Crippen molar-refractivity contribution in [3.8, 4) is 6.07 Å². The van der Waals surface area contributed by atoms with E-state index in [9.17, 15) is 0 Å². The van der Waals surface area contributed by atoms with Gasteiger partial charge in [-0.15, -0.1) is 0 Å².